The molecule has 3 rings (SSSR count). The summed E-state index contributed by atoms with van der Waals surface area (Å²) in [6.07, 6.45) is 2.01. The predicted molar refractivity (Wildman–Crippen MR) is 103 cm³/mol. The first-order valence-electron chi connectivity index (χ1n) is 8.67. The molecule has 1 unspecified atom stereocenters. The third-order valence-electron chi connectivity index (χ3n) is 4.66. The topological polar surface area (TPSA) is 102 Å². The maximum atomic E-state index is 12.5. The molecule has 27 heavy (non-hydrogen) atoms. The summed E-state index contributed by atoms with van der Waals surface area (Å²) in [5.74, 6) is 0.609. The predicted octanol–water partition coefficient (Wildman–Crippen LogP) is 2.12. The van der Waals surface area contributed by atoms with Crippen LogP contribution < -0.4 is 15.2 Å². The van der Waals surface area contributed by atoms with Crippen molar-refractivity contribution in [3.8, 4) is 5.75 Å². The van der Waals surface area contributed by atoms with Gasteiger partial charge in [0.25, 0.3) is 0 Å². The summed E-state index contributed by atoms with van der Waals surface area (Å²) < 4.78 is 28.1. The maximum absolute atomic E-state index is 12.5. The first kappa shape index (κ1) is 19.3. The second kappa shape index (κ2) is 8.08. The molecule has 0 bridgehead atoms. The zero-order valence-electron chi connectivity index (χ0n) is 15.1. The summed E-state index contributed by atoms with van der Waals surface area (Å²) in [7, 11) is -2.17. The number of benzene rings is 2. The Labute approximate surface area is 159 Å². The maximum Gasteiger partial charge on any atom is 0.238 e. The number of likely N-dealkylation sites (tertiary alicyclic amines) is 1. The minimum atomic E-state index is -3.81. The molecule has 1 aliphatic heterocycles. The van der Waals surface area contributed by atoms with E-state index in [0.717, 1.165) is 30.7 Å². The average molecular weight is 389 g/mol. The minimum absolute atomic E-state index is 0.0300. The monoisotopic (exact) mass is 389 g/mol. The third-order valence-corrected chi connectivity index (χ3v) is 5.57. The van der Waals surface area contributed by atoms with Gasteiger partial charge in [0.15, 0.2) is 0 Å². The van der Waals surface area contributed by atoms with E-state index in [1.165, 1.54) is 12.1 Å². The fraction of sp³-hybridized carbons (Fsp3) is 0.316. The van der Waals surface area contributed by atoms with Crippen molar-refractivity contribution in [1.29, 1.82) is 0 Å². The van der Waals surface area contributed by atoms with E-state index in [2.05, 4.69) is 10.2 Å². The van der Waals surface area contributed by atoms with Crippen LogP contribution >= 0.6 is 0 Å². The highest BCUT2D eigenvalue weighted by Gasteiger charge is 2.27. The van der Waals surface area contributed by atoms with Crippen molar-refractivity contribution < 1.29 is 17.9 Å². The van der Waals surface area contributed by atoms with Crippen molar-refractivity contribution in [3.63, 3.8) is 0 Å². The molecule has 1 fully saturated rings. The van der Waals surface area contributed by atoms with Crippen LogP contribution in [-0.2, 0) is 14.8 Å². The molecule has 0 saturated carbocycles. The van der Waals surface area contributed by atoms with E-state index in [1.54, 1.807) is 19.2 Å². The Balaban J connectivity index is 1.66. The molecule has 1 amide bonds. The highest BCUT2D eigenvalue weighted by molar-refractivity contribution is 7.89. The normalized spacial score (nSPS) is 17.6. The quantitative estimate of drug-likeness (QED) is 0.788. The summed E-state index contributed by atoms with van der Waals surface area (Å²) in [6, 6.07) is 14.0. The Morgan fingerprint density at radius 1 is 1.26 bits per heavy atom. The molecule has 0 spiro atoms. The second-order valence-electron chi connectivity index (χ2n) is 6.52. The molecule has 1 aliphatic rings. The summed E-state index contributed by atoms with van der Waals surface area (Å²) in [5, 5.41) is 7.89. The van der Waals surface area contributed by atoms with E-state index < -0.39 is 10.0 Å². The summed E-state index contributed by atoms with van der Waals surface area (Å²) >= 11 is 0. The van der Waals surface area contributed by atoms with Crippen LogP contribution in [0.1, 0.15) is 24.4 Å². The van der Waals surface area contributed by atoms with E-state index >= 15 is 0 Å². The van der Waals surface area contributed by atoms with E-state index in [0.29, 0.717) is 5.69 Å². The molecule has 0 aromatic heterocycles. The van der Waals surface area contributed by atoms with Gasteiger partial charge in [0.05, 0.1) is 18.6 Å². The number of anilines is 1. The molecule has 8 heteroatoms. The minimum Gasteiger partial charge on any atom is -0.497 e. The Morgan fingerprint density at radius 2 is 2.00 bits per heavy atom. The van der Waals surface area contributed by atoms with Gasteiger partial charge in [0, 0.05) is 11.7 Å². The molecule has 2 aromatic carbocycles. The van der Waals surface area contributed by atoms with Crippen molar-refractivity contribution >= 4 is 21.6 Å². The number of hydrogen-bond acceptors (Lipinski definition) is 5. The van der Waals surface area contributed by atoms with Crippen molar-refractivity contribution in [3.05, 3.63) is 54.1 Å². The van der Waals surface area contributed by atoms with Gasteiger partial charge in [-0.05, 0) is 55.3 Å². The Kier molecular flexibility index (Phi) is 5.79. The summed E-state index contributed by atoms with van der Waals surface area (Å²) in [4.78, 5) is 14.5. The van der Waals surface area contributed by atoms with Crippen LogP contribution in [0.25, 0.3) is 0 Å². The summed E-state index contributed by atoms with van der Waals surface area (Å²) in [5.41, 5.74) is 1.56. The third kappa shape index (κ3) is 4.85. The van der Waals surface area contributed by atoms with E-state index in [9.17, 15) is 13.2 Å². The number of carbonyl (C=O) groups excluding carboxylic acids is 1. The van der Waals surface area contributed by atoms with Crippen LogP contribution in [0.4, 0.5) is 5.69 Å². The van der Waals surface area contributed by atoms with Gasteiger partial charge in [-0.25, -0.2) is 13.6 Å². The number of sulfonamides is 1. The smallest absolute Gasteiger partial charge is 0.238 e. The molecule has 0 radical (unpaired) electrons. The largest absolute Gasteiger partial charge is 0.497 e. The number of hydrogen-bond donors (Lipinski definition) is 2. The van der Waals surface area contributed by atoms with Gasteiger partial charge in [-0.2, -0.15) is 0 Å². The Hall–Kier alpha value is -2.42. The number of nitrogens with one attached hydrogen (secondary N) is 1. The van der Waals surface area contributed by atoms with Crippen LogP contribution in [-0.4, -0.2) is 39.4 Å². The number of amides is 1. The lowest BCUT2D eigenvalue weighted by Crippen LogP contribution is -2.33. The van der Waals surface area contributed by atoms with Gasteiger partial charge in [0.2, 0.25) is 15.9 Å². The van der Waals surface area contributed by atoms with Gasteiger partial charge in [0.1, 0.15) is 5.75 Å². The van der Waals surface area contributed by atoms with Crippen molar-refractivity contribution in [2.45, 2.75) is 23.8 Å². The first-order valence-corrected chi connectivity index (χ1v) is 10.2. The van der Waals surface area contributed by atoms with Crippen LogP contribution in [0.2, 0.25) is 0 Å². The van der Waals surface area contributed by atoms with Crippen LogP contribution in [0.5, 0.6) is 5.75 Å². The van der Waals surface area contributed by atoms with Crippen molar-refractivity contribution in [2.24, 2.45) is 5.14 Å². The molecule has 1 saturated heterocycles. The highest BCUT2D eigenvalue weighted by atomic mass is 32.2. The molecule has 1 atom stereocenters. The number of nitrogens with two attached hydrogens (primary N) is 1. The van der Waals surface area contributed by atoms with Crippen LogP contribution in [0, 0.1) is 0 Å². The number of carbonyl (C=O) groups is 1. The SMILES string of the molecule is COc1ccc(C2CCCN2CC(=O)Nc2cccc(S(N)(=O)=O)c2)cc1. The van der Waals surface area contributed by atoms with Crippen LogP contribution in [0.3, 0.4) is 0 Å². The van der Waals surface area contributed by atoms with Crippen LogP contribution in [0.15, 0.2) is 53.4 Å². The fourth-order valence-corrected chi connectivity index (χ4v) is 3.91. The van der Waals surface area contributed by atoms with E-state index in [1.807, 2.05) is 24.3 Å². The summed E-state index contributed by atoms with van der Waals surface area (Å²) in [6.45, 7) is 1.07. The van der Waals surface area contributed by atoms with E-state index in [-0.39, 0.29) is 23.4 Å². The van der Waals surface area contributed by atoms with Crippen molar-refractivity contribution in [2.75, 3.05) is 25.5 Å². The highest BCUT2D eigenvalue weighted by Crippen LogP contribution is 2.32. The zero-order valence-corrected chi connectivity index (χ0v) is 15.9. The molecule has 3 N–H and O–H groups in total. The molecule has 0 aliphatic carbocycles. The van der Waals surface area contributed by atoms with Gasteiger partial charge in [-0.1, -0.05) is 18.2 Å². The lowest BCUT2D eigenvalue weighted by atomic mass is 10.0. The van der Waals surface area contributed by atoms with Crippen molar-refractivity contribution in [1.82, 2.24) is 4.90 Å². The first-order chi connectivity index (χ1) is 12.9. The average Bonchev–Trinajstić information content (AvgIpc) is 3.09. The number of primary sulfonamides is 1. The molecular formula is C19H23N3O4S. The zero-order chi connectivity index (χ0) is 19.4. The fourth-order valence-electron chi connectivity index (χ4n) is 3.35. The molecule has 144 valence electrons. The van der Waals surface area contributed by atoms with Gasteiger partial charge >= 0.3 is 0 Å². The number of rotatable bonds is 6. The Bertz CT molecular complexity index is 913. The van der Waals surface area contributed by atoms with Gasteiger partial charge in [-0.3, -0.25) is 9.69 Å². The van der Waals surface area contributed by atoms with Gasteiger partial charge < -0.3 is 10.1 Å². The lowest BCUT2D eigenvalue weighted by molar-refractivity contribution is -0.117. The molecule has 7 nitrogen and oxygen atoms in total. The lowest BCUT2D eigenvalue weighted by Gasteiger charge is -2.24. The molecule has 1 heterocycles. The van der Waals surface area contributed by atoms with E-state index in [4.69, 9.17) is 9.88 Å². The second-order valence-corrected chi connectivity index (χ2v) is 8.08. The molecular weight excluding hydrogens is 366 g/mol. The molecule has 2 aromatic rings. The standard InChI is InChI=1S/C19H23N3O4S/c1-26-16-9-7-14(8-10-16)18-6-3-11-22(18)13-19(23)21-15-4-2-5-17(12-15)27(20,24)25/h2,4-5,7-10,12,18H,3,6,11,13H2,1H3,(H,21,23)(H2,20,24,25). The Morgan fingerprint density at radius 3 is 2.67 bits per heavy atom. The number of methoxy groups -OCH3 is 1. The van der Waals surface area contributed by atoms with Gasteiger partial charge in [-0.15, -0.1) is 0 Å². The number of nitrogens with zero attached hydrogens (tertiary/aromatic N) is 1. The number of ether oxygens (including phenoxy) is 1.